The number of hydrogen-bond acceptors (Lipinski definition) is 6. The highest BCUT2D eigenvalue weighted by molar-refractivity contribution is 7.98. The van der Waals surface area contributed by atoms with Crippen molar-refractivity contribution in [1.82, 2.24) is 19.6 Å². The van der Waals surface area contributed by atoms with E-state index in [0.717, 1.165) is 42.7 Å². The number of aromatic nitrogens is 4. The lowest BCUT2D eigenvalue weighted by molar-refractivity contribution is 0.939. The number of hydrogen-bond donors (Lipinski definition) is 0. The van der Waals surface area contributed by atoms with Crippen molar-refractivity contribution in [3.63, 3.8) is 0 Å². The van der Waals surface area contributed by atoms with Gasteiger partial charge in [0, 0.05) is 16.7 Å². The van der Waals surface area contributed by atoms with Gasteiger partial charge in [0.1, 0.15) is 5.01 Å². The van der Waals surface area contributed by atoms with Crippen LogP contribution < -0.4 is 0 Å². The molecule has 0 saturated carbocycles. The Morgan fingerprint density at radius 3 is 2.81 bits per heavy atom. The summed E-state index contributed by atoms with van der Waals surface area (Å²) in [5.41, 5.74) is 3.14. The predicted octanol–water partition coefficient (Wildman–Crippen LogP) is 6.01. The highest BCUT2D eigenvalue weighted by atomic mass is 35.5. The minimum Gasteiger partial charge on any atom is -0.260 e. The summed E-state index contributed by atoms with van der Waals surface area (Å²) < 4.78 is 3.33. The van der Waals surface area contributed by atoms with Crippen molar-refractivity contribution >= 4 is 61.2 Å². The monoisotopic (exact) mass is 414 g/mol. The molecule has 0 saturated heterocycles. The highest BCUT2D eigenvalue weighted by Crippen LogP contribution is 2.33. The fourth-order valence-electron chi connectivity index (χ4n) is 2.72. The van der Waals surface area contributed by atoms with E-state index in [9.17, 15) is 0 Å². The molecule has 0 aliphatic rings. The van der Waals surface area contributed by atoms with Crippen molar-refractivity contribution in [2.24, 2.45) is 0 Å². The first kappa shape index (κ1) is 16.3. The molecule has 5 aromatic rings. The maximum absolute atomic E-state index is 6.28. The topological polar surface area (TPSA) is 43.1 Å². The molecule has 3 aromatic heterocycles. The number of thioether (sulfide) groups is 1. The summed E-state index contributed by atoms with van der Waals surface area (Å²) in [5.74, 6) is 0.742. The van der Waals surface area contributed by atoms with Crippen molar-refractivity contribution in [1.29, 1.82) is 0 Å². The van der Waals surface area contributed by atoms with Gasteiger partial charge in [0.05, 0.1) is 20.9 Å². The molecule has 5 rings (SSSR count). The zero-order valence-electron chi connectivity index (χ0n) is 13.3. The van der Waals surface area contributed by atoms with Gasteiger partial charge >= 0.3 is 0 Å². The first-order valence-electron chi connectivity index (χ1n) is 7.84. The molecular formula is C18H11ClN4S3. The lowest BCUT2D eigenvalue weighted by Crippen LogP contribution is -1.87. The maximum Gasteiger partial charge on any atom is 0.217 e. The van der Waals surface area contributed by atoms with E-state index in [4.69, 9.17) is 16.6 Å². The second-order valence-electron chi connectivity index (χ2n) is 5.58. The summed E-state index contributed by atoms with van der Waals surface area (Å²) in [7, 11) is 0. The number of thiazole rings is 2. The standard InChI is InChI=1S/C18H11ClN4S3/c19-13-6-2-1-5-12(13)16-20-11(9-24-16)10-25-17-21-22-18-23(17)14-7-3-4-8-15(14)26-18/h1-9H,10H2. The van der Waals surface area contributed by atoms with E-state index in [-0.39, 0.29) is 0 Å². The fourth-order valence-corrected chi connectivity index (χ4v) is 5.82. The van der Waals surface area contributed by atoms with Gasteiger partial charge < -0.3 is 0 Å². The second kappa shape index (κ2) is 6.66. The van der Waals surface area contributed by atoms with E-state index >= 15 is 0 Å². The molecule has 8 heteroatoms. The molecule has 0 radical (unpaired) electrons. The lowest BCUT2D eigenvalue weighted by Gasteiger charge is -1.99. The van der Waals surface area contributed by atoms with E-state index in [1.165, 1.54) is 4.70 Å². The first-order valence-corrected chi connectivity index (χ1v) is 10.9. The molecular weight excluding hydrogens is 404 g/mol. The Hall–Kier alpha value is -1.93. The molecule has 0 unspecified atom stereocenters. The van der Waals surface area contributed by atoms with Crippen molar-refractivity contribution in [3.05, 3.63) is 64.6 Å². The van der Waals surface area contributed by atoms with E-state index in [1.54, 1.807) is 34.4 Å². The Morgan fingerprint density at radius 2 is 1.88 bits per heavy atom. The van der Waals surface area contributed by atoms with Crippen molar-refractivity contribution in [2.75, 3.05) is 0 Å². The normalized spacial score (nSPS) is 11.6. The Balaban J connectivity index is 1.42. The zero-order chi connectivity index (χ0) is 17.5. The van der Waals surface area contributed by atoms with E-state index < -0.39 is 0 Å². The maximum atomic E-state index is 6.28. The smallest absolute Gasteiger partial charge is 0.217 e. The summed E-state index contributed by atoms with van der Waals surface area (Å²) in [6.45, 7) is 0. The summed E-state index contributed by atoms with van der Waals surface area (Å²) in [4.78, 5) is 5.65. The van der Waals surface area contributed by atoms with Crippen molar-refractivity contribution in [2.45, 2.75) is 10.9 Å². The van der Waals surface area contributed by atoms with Gasteiger partial charge in [-0.25, -0.2) is 4.98 Å². The summed E-state index contributed by atoms with van der Waals surface area (Å²) in [5, 5.41) is 13.3. The molecule has 0 spiro atoms. The lowest BCUT2D eigenvalue weighted by atomic mass is 10.2. The number of rotatable bonds is 4. The van der Waals surface area contributed by atoms with Gasteiger partial charge in [-0.3, -0.25) is 4.40 Å². The minimum absolute atomic E-state index is 0.727. The van der Waals surface area contributed by atoms with Crippen LogP contribution in [-0.2, 0) is 5.75 Å². The molecule has 0 atom stereocenters. The van der Waals surface area contributed by atoms with Crippen molar-refractivity contribution < 1.29 is 0 Å². The molecule has 0 fully saturated rings. The molecule has 128 valence electrons. The second-order valence-corrected chi connectivity index (χ2v) is 8.80. The number of para-hydroxylation sites is 1. The molecule has 26 heavy (non-hydrogen) atoms. The Bertz CT molecular complexity index is 1220. The van der Waals surface area contributed by atoms with Crippen LogP contribution in [0.25, 0.3) is 25.7 Å². The number of halogens is 1. The highest BCUT2D eigenvalue weighted by Gasteiger charge is 2.14. The van der Waals surface area contributed by atoms with Gasteiger partial charge in [-0.05, 0) is 18.2 Å². The number of fused-ring (bicyclic) bond motifs is 3. The Morgan fingerprint density at radius 1 is 1.04 bits per heavy atom. The first-order chi connectivity index (χ1) is 12.8. The molecule has 0 aliphatic carbocycles. The molecule has 0 bridgehead atoms. The summed E-state index contributed by atoms with van der Waals surface area (Å²) in [6, 6.07) is 16.1. The molecule has 2 aromatic carbocycles. The third kappa shape index (κ3) is 2.81. The molecule has 4 nitrogen and oxygen atoms in total. The van der Waals surface area contributed by atoms with Crippen LogP contribution in [0.15, 0.2) is 59.1 Å². The average molecular weight is 415 g/mol. The SMILES string of the molecule is Clc1ccccc1-c1nc(CSc2nnc3sc4ccccc4n23)cs1. The van der Waals surface area contributed by atoms with E-state index in [0.29, 0.717) is 0 Å². The van der Waals surface area contributed by atoms with Crippen LogP contribution >= 0.6 is 46.0 Å². The van der Waals surface area contributed by atoms with Crippen molar-refractivity contribution in [3.8, 4) is 10.6 Å². The summed E-state index contributed by atoms with van der Waals surface area (Å²) >= 11 is 11.2. The fraction of sp³-hybridized carbons (Fsp3) is 0.0556. The van der Waals surface area contributed by atoms with E-state index in [1.807, 2.05) is 36.4 Å². The van der Waals surface area contributed by atoms with Gasteiger partial charge in [-0.2, -0.15) is 0 Å². The van der Waals surface area contributed by atoms with Crippen LogP contribution in [-0.4, -0.2) is 19.6 Å². The quantitative estimate of drug-likeness (QED) is 0.337. The van der Waals surface area contributed by atoms with Gasteiger partial charge in [-0.1, -0.05) is 65.0 Å². The third-order valence-corrected chi connectivity index (χ3v) is 7.14. The molecule has 3 heterocycles. The Kier molecular flexibility index (Phi) is 4.17. The molecule has 0 aliphatic heterocycles. The molecule has 0 N–H and O–H groups in total. The van der Waals surface area contributed by atoms with Crippen LogP contribution in [0.1, 0.15) is 5.69 Å². The van der Waals surface area contributed by atoms with Gasteiger partial charge in [-0.15, -0.1) is 21.5 Å². The number of nitrogens with zero attached hydrogens (tertiary/aromatic N) is 4. The van der Waals surface area contributed by atoms with Crippen LogP contribution in [0.5, 0.6) is 0 Å². The largest absolute Gasteiger partial charge is 0.260 e. The van der Waals surface area contributed by atoms with E-state index in [2.05, 4.69) is 32.1 Å². The summed E-state index contributed by atoms with van der Waals surface area (Å²) in [6.07, 6.45) is 0. The average Bonchev–Trinajstić information content (AvgIpc) is 3.35. The Labute approximate surface area is 166 Å². The van der Waals surface area contributed by atoms with Crippen LogP contribution in [0, 0.1) is 0 Å². The third-order valence-electron chi connectivity index (χ3n) is 3.92. The van der Waals surface area contributed by atoms with Crippen LogP contribution in [0.2, 0.25) is 5.02 Å². The molecule has 0 amide bonds. The van der Waals surface area contributed by atoms with Crippen LogP contribution in [0.3, 0.4) is 0 Å². The van der Waals surface area contributed by atoms with Crippen LogP contribution in [0.4, 0.5) is 0 Å². The predicted molar refractivity (Wildman–Crippen MR) is 110 cm³/mol. The van der Waals surface area contributed by atoms with Gasteiger partial charge in [0.25, 0.3) is 0 Å². The minimum atomic E-state index is 0.727. The number of benzene rings is 2. The zero-order valence-corrected chi connectivity index (χ0v) is 16.5. The van der Waals surface area contributed by atoms with Gasteiger partial charge in [0.15, 0.2) is 5.16 Å². The van der Waals surface area contributed by atoms with Gasteiger partial charge in [0.2, 0.25) is 4.96 Å².